The van der Waals surface area contributed by atoms with Crippen LogP contribution in [0.4, 0.5) is 23.8 Å². The highest BCUT2D eigenvalue weighted by Gasteiger charge is 2.31. The monoisotopic (exact) mass is 351 g/mol. The van der Waals surface area contributed by atoms with Gasteiger partial charge < -0.3 is 15.8 Å². The SMILES string of the molecule is Nc1ncc(C(F)(F)F)cc1C=CCNC(=O)OCc1ccccc1. The Kier molecular flexibility index (Phi) is 5.99. The summed E-state index contributed by atoms with van der Waals surface area (Å²) in [7, 11) is 0. The van der Waals surface area contributed by atoms with Crippen molar-refractivity contribution in [1.82, 2.24) is 10.3 Å². The molecule has 25 heavy (non-hydrogen) atoms. The Balaban J connectivity index is 1.84. The fraction of sp³-hybridized carbons (Fsp3) is 0.176. The molecule has 0 aliphatic carbocycles. The minimum absolute atomic E-state index is 0.0316. The largest absolute Gasteiger partial charge is 0.445 e. The van der Waals surface area contributed by atoms with Crippen molar-refractivity contribution in [1.29, 1.82) is 0 Å². The van der Waals surface area contributed by atoms with Gasteiger partial charge in [-0.1, -0.05) is 42.5 Å². The molecule has 0 bridgehead atoms. The standard InChI is InChI=1S/C17H16F3N3O2/c18-17(19,20)14-9-13(15(21)23-10-14)7-4-8-22-16(24)25-11-12-5-2-1-3-6-12/h1-7,9-10H,8,11H2,(H2,21,23)(H,22,24). The number of pyridine rings is 1. The third kappa shape index (κ3) is 5.83. The Morgan fingerprint density at radius 3 is 2.68 bits per heavy atom. The first kappa shape index (κ1) is 18.3. The van der Waals surface area contributed by atoms with E-state index in [0.717, 1.165) is 11.6 Å². The molecule has 132 valence electrons. The van der Waals surface area contributed by atoms with Gasteiger partial charge in [-0.25, -0.2) is 9.78 Å². The van der Waals surface area contributed by atoms with E-state index in [2.05, 4.69) is 10.3 Å². The van der Waals surface area contributed by atoms with Crippen molar-refractivity contribution in [3.05, 3.63) is 65.4 Å². The predicted molar refractivity (Wildman–Crippen MR) is 87.3 cm³/mol. The van der Waals surface area contributed by atoms with Crippen LogP contribution in [0.2, 0.25) is 0 Å². The topological polar surface area (TPSA) is 77.2 Å². The van der Waals surface area contributed by atoms with E-state index >= 15 is 0 Å². The number of benzene rings is 1. The van der Waals surface area contributed by atoms with Crippen molar-refractivity contribution in [3.8, 4) is 0 Å². The Morgan fingerprint density at radius 2 is 2.00 bits per heavy atom. The fourth-order valence-corrected chi connectivity index (χ4v) is 1.88. The number of halogens is 3. The molecule has 0 aliphatic rings. The molecule has 1 aromatic heterocycles. The number of nitrogen functional groups attached to an aromatic ring is 1. The lowest BCUT2D eigenvalue weighted by Gasteiger charge is -2.08. The zero-order valence-corrected chi connectivity index (χ0v) is 13.1. The molecule has 0 radical (unpaired) electrons. The predicted octanol–water partition coefficient (Wildman–Crippen LogP) is 3.62. The normalized spacial score (nSPS) is 11.5. The first-order valence-electron chi connectivity index (χ1n) is 7.30. The number of ether oxygens (including phenoxy) is 1. The van der Waals surface area contributed by atoms with E-state index in [4.69, 9.17) is 10.5 Å². The van der Waals surface area contributed by atoms with E-state index in [1.54, 1.807) is 0 Å². The van der Waals surface area contributed by atoms with Gasteiger partial charge in [0.25, 0.3) is 0 Å². The molecule has 0 saturated heterocycles. The number of hydrogen-bond donors (Lipinski definition) is 2. The van der Waals surface area contributed by atoms with Crippen LogP contribution in [-0.4, -0.2) is 17.6 Å². The van der Waals surface area contributed by atoms with Crippen LogP contribution < -0.4 is 11.1 Å². The van der Waals surface area contributed by atoms with Gasteiger partial charge in [-0.3, -0.25) is 0 Å². The number of alkyl halides is 3. The van der Waals surface area contributed by atoms with Crippen molar-refractivity contribution >= 4 is 18.0 Å². The Labute approximate surface area is 142 Å². The molecule has 2 rings (SSSR count). The number of rotatable bonds is 5. The third-order valence-corrected chi connectivity index (χ3v) is 3.15. The zero-order chi connectivity index (χ0) is 18.3. The molecule has 0 unspecified atom stereocenters. The van der Waals surface area contributed by atoms with Crippen LogP contribution in [0.15, 0.2) is 48.7 Å². The van der Waals surface area contributed by atoms with Crippen LogP contribution in [0.3, 0.4) is 0 Å². The zero-order valence-electron chi connectivity index (χ0n) is 13.1. The maximum Gasteiger partial charge on any atom is 0.417 e. The number of carbonyl (C=O) groups is 1. The molecule has 0 atom stereocenters. The smallest absolute Gasteiger partial charge is 0.417 e. The van der Waals surface area contributed by atoms with Gasteiger partial charge in [-0.15, -0.1) is 0 Å². The maximum atomic E-state index is 12.6. The van der Waals surface area contributed by atoms with Gasteiger partial charge in [0, 0.05) is 18.3 Å². The molecule has 0 saturated carbocycles. The number of alkyl carbamates (subject to hydrolysis) is 1. The van der Waals surface area contributed by atoms with Crippen LogP contribution in [-0.2, 0) is 17.5 Å². The maximum absolute atomic E-state index is 12.6. The van der Waals surface area contributed by atoms with Crippen LogP contribution >= 0.6 is 0 Å². The van der Waals surface area contributed by atoms with E-state index in [9.17, 15) is 18.0 Å². The molecular formula is C17H16F3N3O2. The number of carbonyl (C=O) groups excluding carboxylic acids is 1. The van der Waals surface area contributed by atoms with E-state index in [1.165, 1.54) is 12.2 Å². The minimum atomic E-state index is -4.50. The fourth-order valence-electron chi connectivity index (χ4n) is 1.88. The van der Waals surface area contributed by atoms with Gasteiger partial charge in [0.15, 0.2) is 0 Å². The van der Waals surface area contributed by atoms with Gasteiger partial charge in [0.2, 0.25) is 0 Å². The van der Waals surface area contributed by atoms with E-state index in [1.807, 2.05) is 30.3 Å². The molecule has 1 aromatic carbocycles. The summed E-state index contributed by atoms with van der Waals surface area (Å²) >= 11 is 0. The highest BCUT2D eigenvalue weighted by Crippen LogP contribution is 2.30. The summed E-state index contributed by atoms with van der Waals surface area (Å²) in [6.45, 7) is 0.199. The summed E-state index contributed by atoms with van der Waals surface area (Å²) in [5.41, 5.74) is 5.62. The van der Waals surface area contributed by atoms with Crippen molar-refractivity contribution in [3.63, 3.8) is 0 Å². The molecule has 0 spiro atoms. The number of anilines is 1. The summed E-state index contributed by atoms with van der Waals surface area (Å²) < 4.78 is 42.9. The van der Waals surface area contributed by atoms with Gasteiger partial charge in [-0.05, 0) is 11.6 Å². The second kappa shape index (κ2) is 8.18. The number of nitrogens with two attached hydrogens (primary N) is 1. The van der Waals surface area contributed by atoms with Crippen LogP contribution in [0.1, 0.15) is 16.7 Å². The molecular weight excluding hydrogens is 335 g/mol. The number of nitrogens with zero attached hydrogens (tertiary/aromatic N) is 1. The minimum Gasteiger partial charge on any atom is -0.445 e. The first-order valence-corrected chi connectivity index (χ1v) is 7.30. The lowest BCUT2D eigenvalue weighted by Crippen LogP contribution is -2.24. The molecule has 1 amide bonds. The number of hydrogen-bond acceptors (Lipinski definition) is 4. The van der Waals surface area contributed by atoms with Crippen molar-refractivity contribution in [2.24, 2.45) is 0 Å². The molecule has 0 fully saturated rings. The third-order valence-electron chi connectivity index (χ3n) is 3.15. The van der Waals surface area contributed by atoms with Crippen molar-refractivity contribution in [2.75, 3.05) is 12.3 Å². The summed E-state index contributed by atoms with van der Waals surface area (Å²) in [4.78, 5) is 15.0. The number of aromatic nitrogens is 1. The molecule has 2 aromatic rings. The molecule has 0 aliphatic heterocycles. The van der Waals surface area contributed by atoms with E-state index in [0.29, 0.717) is 6.20 Å². The highest BCUT2D eigenvalue weighted by molar-refractivity contribution is 5.68. The highest BCUT2D eigenvalue weighted by atomic mass is 19.4. The quantitative estimate of drug-likeness (QED) is 0.862. The number of amides is 1. The molecule has 1 heterocycles. The van der Waals surface area contributed by atoms with Gasteiger partial charge in [-0.2, -0.15) is 13.2 Å². The van der Waals surface area contributed by atoms with Crippen molar-refractivity contribution in [2.45, 2.75) is 12.8 Å². The summed E-state index contributed by atoms with van der Waals surface area (Å²) in [5.74, 6) is -0.0316. The van der Waals surface area contributed by atoms with Gasteiger partial charge >= 0.3 is 12.3 Å². The van der Waals surface area contributed by atoms with E-state index < -0.39 is 17.8 Å². The summed E-state index contributed by atoms with van der Waals surface area (Å²) in [6, 6.07) is 10.0. The lowest BCUT2D eigenvalue weighted by molar-refractivity contribution is -0.137. The molecule has 5 nitrogen and oxygen atoms in total. The summed E-state index contributed by atoms with van der Waals surface area (Å²) in [5, 5.41) is 2.46. The van der Waals surface area contributed by atoms with E-state index in [-0.39, 0.29) is 24.5 Å². The van der Waals surface area contributed by atoms with Gasteiger partial charge in [0.1, 0.15) is 12.4 Å². The van der Waals surface area contributed by atoms with Crippen LogP contribution in [0, 0.1) is 0 Å². The van der Waals surface area contributed by atoms with Crippen LogP contribution in [0.5, 0.6) is 0 Å². The molecule has 8 heteroatoms. The lowest BCUT2D eigenvalue weighted by atomic mass is 10.1. The average Bonchev–Trinajstić information content (AvgIpc) is 2.58. The van der Waals surface area contributed by atoms with Crippen LogP contribution in [0.25, 0.3) is 6.08 Å². The second-order valence-corrected chi connectivity index (χ2v) is 5.04. The summed E-state index contributed by atoms with van der Waals surface area (Å²) in [6.07, 6.45) is -1.65. The van der Waals surface area contributed by atoms with Crippen molar-refractivity contribution < 1.29 is 22.7 Å². The Morgan fingerprint density at radius 1 is 1.28 bits per heavy atom. The second-order valence-electron chi connectivity index (χ2n) is 5.04. The first-order chi connectivity index (χ1) is 11.9. The van der Waals surface area contributed by atoms with Gasteiger partial charge in [0.05, 0.1) is 5.56 Å². The average molecular weight is 351 g/mol. The molecule has 3 N–H and O–H groups in total. The number of nitrogens with one attached hydrogen (secondary N) is 1. The Hall–Kier alpha value is -3.03. The Bertz CT molecular complexity index is 747.